The second-order valence-electron chi connectivity index (χ2n) is 6.05. The molecule has 0 saturated carbocycles. The minimum atomic E-state index is -2.06. The summed E-state index contributed by atoms with van der Waals surface area (Å²) in [6.07, 6.45) is 1.12. The van der Waals surface area contributed by atoms with Gasteiger partial charge in [0.05, 0.1) is 11.8 Å². The molecular weight excluding hydrogens is 476 g/mol. The number of ketones is 1. The van der Waals surface area contributed by atoms with Gasteiger partial charge in [0.2, 0.25) is 16.6 Å². The number of aryl methyl sites for hydroxylation is 1. The van der Waals surface area contributed by atoms with E-state index in [1.54, 1.807) is 13.2 Å². The van der Waals surface area contributed by atoms with Gasteiger partial charge < -0.3 is 15.3 Å². The number of aromatic nitrogens is 4. The van der Waals surface area contributed by atoms with Crippen LogP contribution in [0.5, 0.6) is 0 Å². The number of tetrazole rings is 1. The molecule has 0 spiro atoms. The van der Waals surface area contributed by atoms with Crippen molar-refractivity contribution in [2.24, 2.45) is 7.05 Å². The molecule has 11 nitrogen and oxygen atoms in total. The topological polar surface area (TPSA) is 147 Å². The molecule has 3 rings (SSSR count). The number of hydrogen-bond donors (Lipinski definition) is 2. The normalized spacial score (nSPS) is 23.5. The molecule has 2 aliphatic rings. The summed E-state index contributed by atoms with van der Waals surface area (Å²) < 4.78 is 1.53. The molecular formula is C14H15BrN6O5S2. The van der Waals surface area contributed by atoms with Crippen molar-refractivity contribution in [2.75, 3.05) is 16.8 Å². The van der Waals surface area contributed by atoms with Crippen molar-refractivity contribution < 1.29 is 24.3 Å². The lowest BCUT2D eigenvalue weighted by atomic mass is 9.87. The number of carboxylic acids is 1. The highest BCUT2D eigenvalue weighted by atomic mass is 79.9. The van der Waals surface area contributed by atoms with Gasteiger partial charge in [-0.3, -0.25) is 14.4 Å². The molecule has 2 aliphatic heterocycles. The molecule has 1 unspecified atom stereocenters. The maximum absolute atomic E-state index is 12.6. The quantitative estimate of drug-likeness (QED) is 0.209. The van der Waals surface area contributed by atoms with Gasteiger partial charge in [-0.15, -0.1) is 16.9 Å². The standard InChI is InChI=1S/C14H15BrN6O5S2/c1-20-13(17-18-19-20)28-6-7-4-21-10(24)14(12(25)26,11(21)27-5-7)16-9(23)2-8(22)3-15/h4,11H,2-3,5-6H2,1H3,(H,16,23)(H,25,26)/t11-,14?/m0/s1. The van der Waals surface area contributed by atoms with Crippen LogP contribution in [0.4, 0.5) is 0 Å². The van der Waals surface area contributed by atoms with E-state index in [0.29, 0.717) is 16.7 Å². The number of alkyl halides is 1. The van der Waals surface area contributed by atoms with Crippen LogP contribution in [0.15, 0.2) is 16.9 Å². The number of fused-ring (bicyclic) bond motifs is 1. The number of nitrogens with zero attached hydrogens (tertiary/aromatic N) is 5. The van der Waals surface area contributed by atoms with Gasteiger partial charge in [-0.2, -0.15) is 0 Å². The van der Waals surface area contributed by atoms with Gasteiger partial charge in [-0.1, -0.05) is 27.7 Å². The van der Waals surface area contributed by atoms with Gasteiger partial charge in [0.1, 0.15) is 5.37 Å². The molecule has 0 aliphatic carbocycles. The lowest BCUT2D eigenvalue weighted by Crippen LogP contribution is -2.81. The molecule has 1 aromatic rings. The Morgan fingerprint density at radius 2 is 2.25 bits per heavy atom. The molecule has 14 heteroatoms. The van der Waals surface area contributed by atoms with Crippen LogP contribution in [-0.2, 0) is 26.2 Å². The molecule has 28 heavy (non-hydrogen) atoms. The first-order valence-electron chi connectivity index (χ1n) is 7.90. The number of nitrogens with one attached hydrogen (secondary N) is 1. The smallest absolute Gasteiger partial charge is 0.342 e. The second kappa shape index (κ2) is 8.21. The van der Waals surface area contributed by atoms with Crippen molar-refractivity contribution in [2.45, 2.75) is 22.5 Å². The largest absolute Gasteiger partial charge is 0.479 e. The van der Waals surface area contributed by atoms with E-state index in [1.807, 2.05) is 0 Å². The van der Waals surface area contributed by atoms with E-state index in [0.717, 1.165) is 5.57 Å². The van der Waals surface area contributed by atoms with Gasteiger partial charge in [0, 0.05) is 24.8 Å². The highest BCUT2D eigenvalue weighted by Crippen LogP contribution is 2.44. The fourth-order valence-corrected chi connectivity index (χ4v) is 5.26. The average Bonchev–Trinajstić information content (AvgIpc) is 3.08. The number of carboxylic acid groups (broad SMARTS) is 1. The average molecular weight is 491 g/mol. The molecule has 1 aromatic heterocycles. The number of aliphatic carboxylic acids is 1. The zero-order valence-corrected chi connectivity index (χ0v) is 17.7. The lowest BCUT2D eigenvalue weighted by molar-refractivity contribution is -0.169. The number of β-lactam (4-membered cyclic amide) rings is 1. The predicted molar refractivity (Wildman–Crippen MR) is 103 cm³/mol. The maximum Gasteiger partial charge on any atom is 0.342 e. The fraction of sp³-hybridized carbons (Fsp3) is 0.500. The van der Waals surface area contributed by atoms with E-state index in [4.69, 9.17) is 0 Å². The van der Waals surface area contributed by atoms with Crippen LogP contribution in [0.25, 0.3) is 0 Å². The fourth-order valence-electron chi connectivity index (χ4n) is 2.75. The summed E-state index contributed by atoms with van der Waals surface area (Å²) in [5, 5.41) is 22.9. The van der Waals surface area contributed by atoms with Crippen molar-refractivity contribution in [3.63, 3.8) is 0 Å². The Kier molecular flexibility index (Phi) is 6.09. The zero-order valence-electron chi connectivity index (χ0n) is 14.5. The van der Waals surface area contributed by atoms with Gasteiger partial charge >= 0.3 is 5.97 Å². The first-order chi connectivity index (χ1) is 13.3. The van der Waals surface area contributed by atoms with E-state index in [-0.39, 0.29) is 5.33 Å². The van der Waals surface area contributed by atoms with Crippen LogP contribution in [0.2, 0.25) is 0 Å². The number of hydrogen-bond acceptors (Lipinski definition) is 9. The Hall–Kier alpha value is -1.93. The van der Waals surface area contributed by atoms with Gasteiger partial charge in [0.25, 0.3) is 5.91 Å². The van der Waals surface area contributed by atoms with Gasteiger partial charge in [-0.05, 0) is 16.0 Å². The van der Waals surface area contributed by atoms with Crippen LogP contribution < -0.4 is 5.32 Å². The SMILES string of the molecule is Cn1nnnc1SCC1=CN2C(=O)C(NC(=O)CC(=O)CBr)(C(=O)O)[C@@H]2SC1. The summed E-state index contributed by atoms with van der Waals surface area (Å²) in [6.45, 7) is 0. The Morgan fingerprint density at radius 1 is 1.50 bits per heavy atom. The lowest BCUT2D eigenvalue weighted by Gasteiger charge is -2.53. The van der Waals surface area contributed by atoms with Gasteiger partial charge in [-0.25, -0.2) is 9.48 Å². The van der Waals surface area contributed by atoms with E-state index in [1.165, 1.54) is 33.1 Å². The molecule has 2 amide bonds. The van der Waals surface area contributed by atoms with Crippen LogP contribution >= 0.6 is 39.5 Å². The predicted octanol–water partition coefficient (Wildman–Crippen LogP) is -0.605. The molecule has 1 saturated heterocycles. The summed E-state index contributed by atoms with van der Waals surface area (Å²) in [6, 6.07) is 0. The van der Waals surface area contributed by atoms with Crippen LogP contribution in [0.3, 0.4) is 0 Å². The third kappa shape index (κ3) is 3.67. The first-order valence-corrected chi connectivity index (χ1v) is 11.1. The minimum Gasteiger partial charge on any atom is -0.479 e. The number of rotatable bonds is 8. The molecule has 3 heterocycles. The van der Waals surface area contributed by atoms with E-state index in [9.17, 15) is 24.3 Å². The first kappa shape index (κ1) is 20.8. The molecule has 0 aromatic carbocycles. The molecule has 0 bridgehead atoms. The number of carbonyl (C=O) groups excluding carboxylic acids is 3. The summed E-state index contributed by atoms with van der Waals surface area (Å²) in [5.74, 6) is -2.36. The Morgan fingerprint density at radius 3 is 2.86 bits per heavy atom. The van der Waals surface area contributed by atoms with Crippen molar-refractivity contribution in [3.8, 4) is 0 Å². The number of Topliss-reactive ketones (excluding diaryl/α,β-unsaturated/α-hetero) is 1. The molecule has 0 radical (unpaired) electrons. The Bertz CT molecular complexity index is 876. The van der Waals surface area contributed by atoms with E-state index < -0.39 is 40.9 Å². The molecule has 150 valence electrons. The van der Waals surface area contributed by atoms with Crippen LogP contribution in [-0.4, -0.2) is 81.5 Å². The Balaban J connectivity index is 1.70. The van der Waals surface area contributed by atoms with Crippen molar-refractivity contribution in [1.29, 1.82) is 0 Å². The zero-order chi connectivity index (χ0) is 20.5. The number of amides is 2. The van der Waals surface area contributed by atoms with E-state index in [2.05, 4.69) is 36.8 Å². The van der Waals surface area contributed by atoms with Gasteiger partial charge in [0.15, 0.2) is 5.78 Å². The third-order valence-corrected chi connectivity index (χ3v) is 7.27. The summed E-state index contributed by atoms with van der Waals surface area (Å²) in [5.41, 5.74) is -1.15. The third-order valence-electron chi connectivity index (χ3n) is 4.09. The Labute approximate surface area is 175 Å². The summed E-state index contributed by atoms with van der Waals surface area (Å²) in [4.78, 5) is 49.2. The summed E-state index contributed by atoms with van der Waals surface area (Å²) in [7, 11) is 1.71. The van der Waals surface area contributed by atoms with E-state index >= 15 is 0 Å². The van der Waals surface area contributed by atoms with Crippen LogP contribution in [0.1, 0.15) is 6.42 Å². The second-order valence-corrected chi connectivity index (χ2v) is 8.62. The monoisotopic (exact) mass is 490 g/mol. The number of halogens is 1. The number of carbonyl (C=O) groups is 4. The number of thioether (sulfide) groups is 2. The minimum absolute atomic E-state index is 0.0243. The molecule has 1 fully saturated rings. The van der Waals surface area contributed by atoms with Crippen molar-refractivity contribution in [3.05, 3.63) is 11.8 Å². The molecule has 2 atom stereocenters. The molecule has 2 N–H and O–H groups in total. The maximum atomic E-state index is 12.6. The van der Waals surface area contributed by atoms with Crippen molar-refractivity contribution >= 4 is 63.0 Å². The summed E-state index contributed by atoms with van der Waals surface area (Å²) >= 11 is 5.58. The van der Waals surface area contributed by atoms with Crippen molar-refractivity contribution in [1.82, 2.24) is 30.4 Å². The highest BCUT2D eigenvalue weighted by molar-refractivity contribution is 9.09. The highest BCUT2D eigenvalue weighted by Gasteiger charge is 2.68. The van der Waals surface area contributed by atoms with Crippen LogP contribution in [0, 0.1) is 0 Å².